The number of nitrogens with zero attached hydrogens (tertiary/aromatic N) is 4. The van der Waals surface area contributed by atoms with Gasteiger partial charge < -0.3 is 13.9 Å². The van der Waals surface area contributed by atoms with Gasteiger partial charge in [-0.3, -0.25) is 0 Å². The van der Waals surface area contributed by atoms with Gasteiger partial charge in [0.25, 0.3) is 0 Å². The first-order valence-corrected chi connectivity index (χ1v) is 19.3. The topological polar surface area (TPSA) is 46.0 Å². The highest BCUT2D eigenvalue weighted by atomic mass is 16.3. The zero-order chi connectivity index (χ0) is 37.9. The van der Waals surface area contributed by atoms with Crippen LogP contribution in [0.5, 0.6) is 0 Å². The van der Waals surface area contributed by atoms with Crippen molar-refractivity contribution in [1.29, 1.82) is 0 Å². The highest BCUT2D eigenvalue weighted by Crippen LogP contribution is 2.41. The fourth-order valence-corrected chi connectivity index (χ4v) is 8.52. The Labute approximate surface area is 330 Å². The number of aliphatic imine (C=N–C) groups is 2. The summed E-state index contributed by atoms with van der Waals surface area (Å²) in [6.45, 7) is 0. The molecule has 8 aromatic carbocycles. The Morgan fingerprint density at radius 3 is 1.95 bits per heavy atom. The minimum Gasteiger partial charge on any atom is -0.456 e. The summed E-state index contributed by atoms with van der Waals surface area (Å²) in [7, 11) is 2.09. The first kappa shape index (κ1) is 32.9. The minimum atomic E-state index is -0.220. The van der Waals surface area contributed by atoms with E-state index in [2.05, 4.69) is 174 Å². The number of fused-ring (bicyclic) bond motifs is 6. The van der Waals surface area contributed by atoms with E-state index in [4.69, 9.17) is 14.4 Å². The quantitative estimate of drug-likeness (QED) is 0.171. The standard InChI is InChI=1S/C52H36N4O/c1-55-51(35-17-7-3-8-18-35)53-50(34-15-5-2-6-16-34)54-52(55)39-20-13-19-38(31-39)41-24-14-25-46-49(41)44-33-36(27-29-45(44)56(46)40-21-9-4-10-22-40)37-28-30-48-43(32-37)42-23-11-12-26-47(42)57-48/h2-33,51H,1H3. The fraction of sp³-hybridized carbons (Fsp3) is 0.0385. The van der Waals surface area contributed by atoms with E-state index in [0.29, 0.717) is 0 Å². The maximum atomic E-state index is 6.18. The van der Waals surface area contributed by atoms with Gasteiger partial charge in [-0.05, 0) is 82.4 Å². The van der Waals surface area contributed by atoms with Crippen molar-refractivity contribution in [3.63, 3.8) is 0 Å². The molecule has 57 heavy (non-hydrogen) atoms. The molecule has 0 N–H and O–H groups in total. The summed E-state index contributed by atoms with van der Waals surface area (Å²) >= 11 is 0. The predicted molar refractivity (Wildman–Crippen MR) is 235 cm³/mol. The third kappa shape index (κ3) is 5.55. The molecule has 3 heterocycles. The average molecular weight is 733 g/mol. The molecule has 0 amide bonds. The summed E-state index contributed by atoms with van der Waals surface area (Å²) in [6.07, 6.45) is -0.220. The molecule has 1 aliphatic rings. The van der Waals surface area contributed by atoms with Crippen LogP contribution in [0.1, 0.15) is 22.9 Å². The number of benzene rings is 8. The molecule has 0 bridgehead atoms. The molecule has 0 spiro atoms. The normalized spacial score (nSPS) is 14.4. The lowest BCUT2D eigenvalue weighted by atomic mass is 9.95. The number of hydrogen-bond acceptors (Lipinski definition) is 4. The summed E-state index contributed by atoms with van der Waals surface area (Å²) in [4.78, 5) is 12.6. The van der Waals surface area contributed by atoms with Gasteiger partial charge >= 0.3 is 0 Å². The van der Waals surface area contributed by atoms with Gasteiger partial charge in [-0.1, -0.05) is 140 Å². The Morgan fingerprint density at radius 1 is 0.474 bits per heavy atom. The molecule has 1 aliphatic heterocycles. The van der Waals surface area contributed by atoms with Crippen LogP contribution >= 0.6 is 0 Å². The molecule has 5 heteroatoms. The molecule has 0 aliphatic carbocycles. The minimum absolute atomic E-state index is 0.220. The van der Waals surface area contributed by atoms with Gasteiger partial charge in [-0.15, -0.1) is 0 Å². The number of rotatable bonds is 6. The molecular weight excluding hydrogens is 697 g/mol. The first-order valence-electron chi connectivity index (χ1n) is 19.3. The van der Waals surface area contributed by atoms with E-state index in [9.17, 15) is 0 Å². The summed E-state index contributed by atoms with van der Waals surface area (Å²) in [5.41, 5.74) is 13.0. The largest absolute Gasteiger partial charge is 0.456 e. The smallest absolute Gasteiger partial charge is 0.159 e. The maximum Gasteiger partial charge on any atom is 0.159 e. The third-order valence-corrected chi connectivity index (χ3v) is 11.2. The number of para-hydroxylation sites is 2. The SMILES string of the molecule is CN1C(c2cccc(-c3cccc4c3c3cc(-c5ccc6oc7ccccc7c6c5)ccc3n4-c3ccccc3)c2)=NC(c2ccccc2)=NC1c1ccccc1. The van der Waals surface area contributed by atoms with Crippen LogP contribution in [0.2, 0.25) is 0 Å². The Kier molecular flexibility index (Phi) is 7.71. The highest BCUT2D eigenvalue weighted by Gasteiger charge is 2.27. The summed E-state index contributed by atoms with van der Waals surface area (Å²) in [6, 6.07) is 68.6. The van der Waals surface area contributed by atoms with Crippen molar-refractivity contribution in [3.8, 4) is 27.9 Å². The maximum absolute atomic E-state index is 6.18. The van der Waals surface area contributed by atoms with Crippen LogP contribution in [-0.2, 0) is 0 Å². The number of amidine groups is 2. The van der Waals surface area contributed by atoms with Crippen LogP contribution in [0.15, 0.2) is 209 Å². The van der Waals surface area contributed by atoms with Crippen LogP contribution in [0, 0.1) is 0 Å². The molecule has 1 atom stereocenters. The Morgan fingerprint density at radius 2 is 1.12 bits per heavy atom. The van der Waals surface area contributed by atoms with Crippen molar-refractivity contribution in [2.24, 2.45) is 9.98 Å². The molecule has 10 aromatic rings. The average Bonchev–Trinajstić information content (AvgIpc) is 3.82. The van der Waals surface area contributed by atoms with Gasteiger partial charge in [0.15, 0.2) is 5.84 Å². The van der Waals surface area contributed by atoms with E-state index >= 15 is 0 Å². The third-order valence-electron chi connectivity index (χ3n) is 11.2. The Balaban J connectivity index is 1.09. The van der Waals surface area contributed by atoms with Crippen molar-refractivity contribution in [1.82, 2.24) is 9.47 Å². The number of furan rings is 1. The van der Waals surface area contributed by atoms with Gasteiger partial charge in [0.05, 0.1) is 11.0 Å². The second kappa shape index (κ2) is 13.4. The lowest BCUT2D eigenvalue weighted by molar-refractivity contribution is 0.383. The number of hydrogen-bond donors (Lipinski definition) is 0. The lowest BCUT2D eigenvalue weighted by Crippen LogP contribution is -2.35. The van der Waals surface area contributed by atoms with E-state index in [1.165, 1.54) is 10.8 Å². The second-order valence-electron chi connectivity index (χ2n) is 14.6. The van der Waals surface area contributed by atoms with E-state index in [0.717, 1.165) is 89.3 Å². The molecule has 1 unspecified atom stereocenters. The predicted octanol–water partition coefficient (Wildman–Crippen LogP) is 12.9. The van der Waals surface area contributed by atoms with Crippen LogP contribution in [0.4, 0.5) is 0 Å². The van der Waals surface area contributed by atoms with E-state index < -0.39 is 0 Å². The molecule has 2 aromatic heterocycles. The fourth-order valence-electron chi connectivity index (χ4n) is 8.52. The molecular formula is C52H36N4O. The summed E-state index contributed by atoms with van der Waals surface area (Å²) in [5, 5.41) is 4.65. The van der Waals surface area contributed by atoms with Crippen LogP contribution < -0.4 is 0 Å². The van der Waals surface area contributed by atoms with Crippen molar-refractivity contribution >= 4 is 55.4 Å². The van der Waals surface area contributed by atoms with Crippen molar-refractivity contribution in [3.05, 3.63) is 211 Å². The molecule has 0 saturated heterocycles. The monoisotopic (exact) mass is 732 g/mol. The van der Waals surface area contributed by atoms with Gasteiger partial charge in [-0.25, -0.2) is 9.98 Å². The highest BCUT2D eigenvalue weighted by molar-refractivity contribution is 6.18. The Hall–Kier alpha value is -7.50. The van der Waals surface area contributed by atoms with Crippen LogP contribution in [0.25, 0.3) is 71.7 Å². The van der Waals surface area contributed by atoms with E-state index in [1.54, 1.807) is 0 Å². The van der Waals surface area contributed by atoms with Crippen molar-refractivity contribution in [2.45, 2.75) is 6.17 Å². The van der Waals surface area contributed by atoms with E-state index in [1.807, 2.05) is 36.4 Å². The zero-order valence-electron chi connectivity index (χ0n) is 31.2. The van der Waals surface area contributed by atoms with Gasteiger partial charge in [0, 0.05) is 45.4 Å². The lowest BCUT2D eigenvalue weighted by Gasteiger charge is -2.32. The van der Waals surface area contributed by atoms with Gasteiger partial charge in [0.1, 0.15) is 23.2 Å². The zero-order valence-corrected chi connectivity index (χ0v) is 31.2. The van der Waals surface area contributed by atoms with Crippen LogP contribution in [-0.4, -0.2) is 28.2 Å². The number of aromatic nitrogens is 1. The Bertz CT molecular complexity index is 3190. The summed E-state index contributed by atoms with van der Waals surface area (Å²) < 4.78 is 8.57. The molecule has 270 valence electrons. The van der Waals surface area contributed by atoms with Gasteiger partial charge in [0.2, 0.25) is 0 Å². The molecule has 0 fully saturated rings. The van der Waals surface area contributed by atoms with E-state index in [-0.39, 0.29) is 6.17 Å². The van der Waals surface area contributed by atoms with Crippen molar-refractivity contribution < 1.29 is 4.42 Å². The molecule has 0 radical (unpaired) electrons. The van der Waals surface area contributed by atoms with Crippen molar-refractivity contribution in [2.75, 3.05) is 7.05 Å². The molecule has 0 saturated carbocycles. The first-order chi connectivity index (χ1) is 28.2. The second-order valence-corrected chi connectivity index (χ2v) is 14.6. The molecule has 5 nitrogen and oxygen atoms in total. The molecule has 11 rings (SSSR count). The van der Waals surface area contributed by atoms with Crippen LogP contribution in [0.3, 0.4) is 0 Å². The van der Waals surface area contributed by atoms with Gasteiger partial charge in [-0.2, -0.15) is 0 Å². The summed E-state index contributed by atoms with van der Waals surface area (Å²) in [5.74, 6) is 1.60.